The quantitative estimate of drug-likeness (QED) is 0.524. The zero-order valence-electron chi connectivity index (χ0n) is 9.25. The molecule has 2 aromatic carbocycles. The van der Waals surface area contributed by atoms with Gasteiger partial charge in [-0.1, -0.05) is 24.3 Å². The van der Waals surface area contributed by atoms with E-state index in [1.54, 1.807) is 48.5 Å². The summed E-state index contributed by atoms with van der Waals surface area (Å²) >= 11 is 0. The summed E-state index contributed by atoms with van der Waals surface area (Å²) in [5.41, 5.74) is 0.473. The van der Waals surface area contributed by atoms with Crippen LogP contribution in [0.5, 0.6) is 11.5 Å². The molecule has 4 nitrogen and oxygen atoms in total. The first-order chi connectivity index (χ1) is 8.75. The molecular weight excluding hydrogens is 232 g/mol. The van der Waals surface area contributed by atoms with Gasteiger partial charge in [-0.15, -0.1) is 0 Å². The van der Waals surface area contributed by atoms with Crippen LogP contribution in [-0.2, 0) is 0 Å². The molecule has 18 heavy (non-hydrogen) atoms. The van der Waals surface area contributed by atoms with Crippen LogP contribution < -0.4 is 9.47 Å². The Morgan fingerprint density at radius 1 is 0.611 bits per heavy atom. The molecule has 2 aromatic rings. The Labute approximate surface area is 103 Å². The van der Waals surface area contributed by atoms with Crippen molar-refractivity contribution in [2.75, 3.05) is 0 Å². The van der Waals surface area contributed by atoms with Gasteiger partial charge in [-0.05, 0) is 24.3 Å². The maximum absolute atomic E-state index is 11.9. The predicted molar refractivity (Wildman–Crippen MR) is 62.8 cm³/mol. The summed E-state index contributed by atoms with van der Waals surface area (Å²) in [5.74, 6) is -0.653. The van der Waals surface area contributed by atoms with E-state index in [4.69, 9.17) is 9.47 Å². The van der Waals surface area contributed by atoms with E-state index in [0.29, 0.717) is 0 Å². The van der Waals surface area contributed by atoms with Crippen molar-refractivity contribution in [2.24, 2.45) is 0 Å². The Balaban J connectivity index is 2.15. The topological polar surface area (TPSA) is 52.6 Å². The lowest BCUT2D eigenvalue weighted by Gasteiger charge is -2.15. The highest BCUT2D eigenvalue weighted by molar-refractivity contribution is 6.01. The van der Waals surface area contributed by atoms with E-state index < -0.39 is 11.9 Å². The average molecular weight is 240 g/mol. The molecule has 0 saturated heterocycles. The molecule has 1 heterocycles. The normalized spacial score (nSPS) is 13.6. The molecule has 0 unspecified atom stereocenters. The number of hydrogen-bond acceptors (Lipinski definition) is 4. The van der Waals surface area contributed by atoms with Crippen LogP contribution in [0.15, 0.2) is 48.5 Å². The van der Waals surface area contributed by atoms with Gasteiger partial charge in [-0.25, -0.2) is 9.59 Å². The third-order valence-corrected chi connectivity index (χ3v) is 2.62. The van der Waals surface area contributed by atoms with Crippen LogP contribution in [0.2, 0.25) is 0 Å². The first kappa shape index (κ1) is 10.5. The van der Waals surface area contributed by atoms with Gasteiger partial charge < -0.3 is 9.47 Å². The third kappa shape index (κ3) is 1.64. The highest BCUT2D eigenvalue weighted by atomic mass is 16.6. The number of rotatable bonds is 0. The number of para-hydroxylation sites is 2. The number of hydrogen-bond donors (Lipinski definition) is 0. The largest absolute Gasteiger partial charge is 0.422 e. The minimum absolute atomic E-state index is 0.210. The van der Waals surface area contributed by atoms with Crippen molar-refractivity contribution in [3.8, 4) is 11.5 Å². The predicted octanol–water partition coefficient (Wildman–Crippen LogP) is 2.44. The van der Waals surface area contributed by atoms with Gasteiger partial charge in [0.2, 0.25) is 0 Å². The number of ether oxygens (including phenoxy) is 2. The maximum atomic E-state index is 11.9. The van der Waals surface area contributed by atoms with E-state index in [2.05, 4.69) is 0 Å². The van der Waals surface area contributed by atoms with Gasteiger partial charge in [0.25, 0.3) is 0 Å². The Morgan fingerprint density at radius 3 is 1.44 bits per heavy atom. The lowest BCUT2D eigenvalue weighted by atomic mass is 10.1. The molecule has 0 fully saturated rings. The molecule has 0 aliphatic carbocycles. The lowest BCUT2D eigenvalue weighted by molar-refractivity contribution is 0.0668. The van der Waals surface area contributed by atoms with Gasteiger partial charge in [0, 0.05) is 0 Å². The second kappa shape index (κ2) is 4.00. The fourth-order valence-corrected chi connectivity index (χ4v) is 1.76. The van der Waals surface area contributed by atoms with Crippen LogP contribution in [0.1, 0.15) is 20.7 Å². The minimum atomic E-state index is -0.537. The molecule has 0 bridgehead atoms. The van der Waals surface area contributed by atoms with E-state index >= 15 is 0 Å². The molecule has 0 atom stereocenters. The summed E-state index contributed by atoms with van der Waals surface area (Å²) in [5, 5.41) is 0. The van der Waals surface area contributed by atoms with Crippen LogP contribution in [0, 0.1) is 0 Å². The molecular formula is C14H8O4. The van der Waals surface area contributed by atoms with Crippen molar-refractivity contribution >= 4 is 11.9 Å². The van der Waals surface area contributed by atoms with Crippen LogP contribution in [0.4, 0.5) is 0 Å². The number of carbonyl (C=O) groups is 2. The number of esters is 2. The molecule has 0 radical (unpaired) electrons. The molecule has 0 saturated carbocycles. The summed E-state index contributed by atoms with van der Waals surface area (Å²) in [6.07, 6.45) is 0. The molecule has 0 aromatic heterocycles. The average Bonchev–Trinajstić information content (AvgIpc) is 2.38. The second-order valence-electron chi connectivity index (χ2n) is 3.77. The number of carbonyl (C=O) groups excluding carboxylic acids is 2. The summed E-state index contributed by atoms with van der Waals surface area (Å²) < 4.78 is 10.4. The Hall–Kier alpha value is -2.62. The monoisotopic (exact) mass is 240 g/mol. The lowest BCUT2D eigenvalue weighted by Crippen LogP contribution is -2.19. The van der Waals surface area contributed by atoms with E-state index in [1.807, 2.05) is 0 Å². The van der Waals surface area contributed by atoms with Crippen LogP contribution in [0.25, 0.3) is 0 Å². The van der Waals surface area contributed by atoms with E-state index in [1.165, 1.54) is 0 Å². The summed E-state index contributed by atoms with van der Waals surface area (Å²) in [4.78, 5) is 23.8. The van der Waals surface area contributed by atoms with Crippen LogP contribution >= 0.6 is 0 Å². The molecule has 0 spiro atoms. The first-order valence-corrected chi connectivity index (χ1v) is 5.38. The Kier molecular flexibility index (Phi) is 2.34. The van der Waals surface area contributed by atoms with Gasteiger partial charge in [0.1, 0.15) is 22.6 Å². The van der Waals surface area contributed by atoms with E-state index in [-0.39, 0.29) is 22.6 Å². The van der Waals surface area contributed by atoms with E-state index in [0.717, 1.165) is 0 Å². The third-order valence-electron chi connectivity index (χ3n) is 2.62. The SMILES string of the molecule is O=C1Oc2ccccc2C(=O)Oc2ccccc21. The van der Waals surface area contributed by atoms with Crippen molar-refractivity contribution in [3.63, 3.8) is 0 Å². The Bertz CT molecular complexity index is 588. The van der Waals surface area contributed by atoms with Crippen molar-refractivity contribution < 1.29 is 19.1 Å². The molecule has 0 N–H and O–H groups in total. The summed E-state index contributed by atoms with van der Waals surface area (Å²) in [6.45, 7) is 0. The highest BCUT2D eigenvalue weighted by Gasteiger charge is 2.24. The first-order valence-electron chi connectivity index (χ1n) is 5.38. The summed E-state index contributed by atoms with van der Waals surface area (Å²) in [6, 6.07) is 13.0. The van der Waals surface area contributed by atoms with Crippen molar-refractivity contribution in [1.82, 2.24) is 0 Å². The van der Waals surface area contributed by atoms with Gasteiger partial charge in [0.05, 0.1) is 0 Å². The fraction of sp³-hybridized carbons (Fsp3) is 0. The number of benzene rings is 2. The molecule has 0 amide bonds. The maximum Gasteiger partial charge on any atom is 0.347 e. The smallest absolute Gasteiger partial charge is 0.347 e. The minimum Gasteiger partial charge on any atom is -0.422 e. The molecule has 4 heteroatoms. The van der Waals surface area contributed by atoms with Crippen molar-refractivity contribution in [1.29, 1.82) is 0 Å². The zero-order valence-corrected chi connectivity index (χ0v) is 9.25. The van der Waals surface area contributed by atoms with Crippen LogP contribution in [0.3, 0.4) is 0 Å². The second-order valence-corrected chi connectivity index (χ2v) is 3.77. The molecule has 1 aliphatic rings. The number of fused-ring (bicyclic) bond motifs is 2. The standard InChI is InChI=1S/C14H8O4/c15-13-9-5-1-3-7-11(9)17-14(16)10-6-2-4-8-12(10)18-13/h1-8H. The summed E-state index contributed by atoms with van der Waals surface area (Å²) in [7, 11) is 0. The van der Waals surface area contributed by atoms with Gasteiger partial charge in [-0.3, -0.25) is 0 Å². The molecule has 88 valence electrons. The van der Waals surface area contributed by atoms with Gasteiger partial charge in [-0.2, -0.15) is 0 Å². The van der Waals surface area contributed by atoms with E-state index in [9.17, 15) is 9.59 Å². The van der Waals surface area contributed by atoms with Gasteiger partial charge in [0.15, 0.2) is 0 Å². The highest BCUT2D eigenvalue weighted by Crippen LogP contribution is 2.27. The Morgan fingerprint density at radius 2 is 1.00 bits per heavy atom. The molecule has 1 aliphatic heterocycles. The fourth-order valence-electron chi connectivity index (χ4n) is 1.76. The molecule has 3 rings (SSSR count). The van der Waals surface area contributed by atoms with Crippen molar-refractivity contribution in [3.05, 3.63) is 59.7 Å². The van der Waals surface area contributed by atoms with Crippen molar-refractivity contribution in [2.45, 2.75) is 0 Å². The van der Waals surface area contributed by atoms with Crippen LogP contribution in [-0.4, -0.2) is 11.9 Å². The zero-order chi connectivity index (χ0) is 12.5. The van der Waals surface area contributed by atoms with Gasteiger partial charge >= 0.3 is 11.9 Å².